The molecule has 0 radical (unpaired) electrons. The summed E-state index contributed by atoms with van der Waals surface area (Å²) < 4.78 is 0. The Morgan fingerprint density at radius 2 is 1.83 bits per heavy atom. The standard InChI is InChI=1S/C20H20N2O2/c21-12-15-6-8-18(9-7-15)20(24)22(19(14-23)17-10-11-17)13-16-4-2-1-3-5-16/h1-9,17,19,23H,10-11,13-14H2. The summed E-state index contributed by atoms with van der Waals surface area (Å²) in [6.07, 6.45) is 2.11. The lowest BCUT2D eigenvalue weighted by Crippen LogP contribution is -2.43. The average Bonchev–Trinajstić information content (AvgIpc) is 3.47. The Labute approximate surface area is 142 Å². The number of carbonyl (C=O) groups excluding carboxylic acids is 1. The van der Waals surface area contributed by atoms with E-state index in [0.29, 0.717) is 23.6 Å². The fraction of sp³-hybridized carbons (Fsp3) is 0.300. The molecule has 2 aromatic carbocycles. The lowest BCUT2D eigenvalue weighted by atomic mass is 10.1. The smallest absolute Gasteiger partial charge is 0.254 e. The molecule has 2 aromatic rings. The first-order valence-electron chi connectivity index (χ1n) is 8.19. The number of hydrogen-bond acceptors (Lipinski definition) is 3. The Balaban J connectivity index is 1.87. The maximum Gasteiger partial charge on any atom is 0.254 e. The van der Waals surface area contributed by atoms with Crippen molar-refractivity contribution >= 4 is 5.91 Å². The minimum Gasteiger partial charge on any atom is -0.394 e. The van der Waals surface area contributed by atoms with Crippen molar-refractivity contribution in [2.75, 3.05) is 6.61 Å². The Hall–Kier alpha value is -2.64. The highest BCUT2D eigenvalue weighted by atomic mass is 16.3. The van der Waals surface area contributed by atoms with Crippen LogP contribution in [-0.2, 0) is 6.54 Å². The van der Waals surface area contributed by atoms with Crippen LogP contribution in [0, 0.1) is 17.2 Å². The Morgan fingerprint density at radius 1 is 1.17 bits per heavy atom. The number of hydrogen-bond donors (Lipinski definition) is 1. The first-order chi connectivity index (χ1) is 11.7. The minimum atomic E-state index is -0.159. The highest BCUT2D eigenvalue weighted by Gasteiger charge is 2.37. The molecular formula is C20H20N2O2. The number of nitrogens with zero attached hydrogens (tertiary/aromatic N) is 2. The van der Waals surface area contributed by atoms with Gasteiger partial charge in [0.05, 0.1) is 24.3 Å². The van der Waals surface area contributed by atoms with Crippen molar-refractivity contribution in [3.63, 3.8) is 0 Å². The second-order valence-electron chi connectivity index (χ2n) is 6.20. The van der Waals surface area contributed by atoms with Gasteiger partial charge in [-0.05, 0) is 48.6 Å². The average molecular weight is 320 g/mol. The van der Waals surface area contributed by atoms with E-state index in [4.69, 9.17) is 5.26 Å². The summed E-state index contributed by atoms with van der Waals surface area (Å²) in [6, 6.07) is 18.4. The van der Waals surface area contributed by atoms with Gasteiger partial charge >= 0.3 is 0 Å². The fourth-order valence-corrected chi connectivity index (χ4v) is 2.96. The summed E-state index contributed by atoms with van der Waals surface area (Å²) in [7, 11) is 0. The van der Waals surface area contributed by atoms with Gasteiger partial charge in [-0.3, -0.25) is 4.79 Å². The van der Waals surface area contributed by atoms with Gasteiger partial charge in [0.15, 0.2) is 0 Å². The molecule has 1 N–H and O–H groups in total. The number of carbonyl (C=O) groups is 1. The quantitative estimate of drug-likeness (QED) is 0.890. The van der Waals surface area contributed by atoms with Gasteiger partial charge in [-0.15, -0.1) is 0 Å². The molecular weight excluding hydrogens is 300 g/mol. The van der Waals surface area contributed by atoms with Crippen molar-refractivity contribution < 1.29 is 9.90 Å². The lowest BCUT2D eigenvalue weighted by Gasteiger charge is -2.31. The monoisotopic (exact) mass is 320 g/mol. The molecule has 0 spiro atoms. The van der Waals surface area contributed by atoms with Crippen LogP contribution in [0.2, 0.25) is 0 Å². The van der Waals surface area contributed by atoms with Gasteiger partial charge in [-0.1, -0.05) is 30.3 Å². The topological polar surface area (TPSA) is 64.3 Å². The molecule has 0 aliphatic heterocycles. The zero-order valence-corrected chi connectivity index (χ0v) is 13.4. The number of aliphatic hydroxyl groups is 1. The second-order valence-corrected chi connectivity index (χ2v) is 6.20. The van der Waals surface area contributed by atoms with Crippen LogP contribution >= 0.6 is 0 Å². The van der Waals surface area contributed by atoms with Gasteiger partial charge in [0.25, 0.3) is 5.91 Å². The van der Waals surface area contributed by atoms with Crippen LogP contribution in [-0.4, -0.2) is 28.6 Å². The molecule has 0 heterocycles. The fourth-order valence-electron chi connectivity index (χ4n) is 2.96. The Kier molecular flexibility index (Phi) is 4.93. The maximum atomic E-state index is 13.0. The molecule has 1 fully saturated rings. The van der Waals surface area contributed by atoms with E-state index in [1.807, 2.05) is 30.3 Å². The predicted octanol–water partition coefficient (Wildman–Crippen LogP) is 2.97. The SMILES string of the molecule is N#Cc1ccc(C(=O)N(Cc2ccccc2)C(CO)C2CC2)cc1. The molecule has 1 amide bonds. The minimum absolute atomic E-state index is 0.0283. The van der Waals surface area contributed by atoms with Crippen molar-refractivity contribution in [2.24, 2.45) is 5.92 Å². The first-order valence-corrected chi connectivity index (χ1v) is 8.19. The van der Waals surface area contributed by atoms with E-state index in [1.165, 1.54) is 0 Å². The molecule has 24 heavy (non-hydrogen) atoms. The summed E-state index contributed by atoms with van der Waals surface area (Å²) in [5.41, 5.74) is 2.12. The molecule has 4 nitrogen and oxygen atoms in total. The van der Waals surface area contributed by atoms with Crippen molar-refractivity contribution in [3.05, 3.63) is 71.3 Å². The largest absolute Gasteiger partial charge is 0.394 e. The molecule has 1 aliphatic carbocycles. The molecule has 3 rings (SSSR count). The molecule has 0 saturated heterocycles. The highest BCUT2D eigenvalue weighted by molar-refractivity contribution is 5.94. The van der Waals surface area contributed by atoms with Crippen LogP contribution in [0.4, 0.5) is 0 Å². The van der Waals surface area contributed by atoms with Gasteiger partial charge in [-0.25, -0.2) is 0 Å². The first kappa shape index (κ1) is 16.2. The second kappa shape index (κ2) is 7.29. The van der Waals surface area contributed by atoms with Gasteiger partial charge in [0.1, 0.15) is 0 Å². The van der Waals surface area contributed by atoms with E-state index in [-0.39, 0.29) is 18.6 Å². The van der Waals surface area contributed by atoms with Crippen LogP contribution in [0.15, 0.2) is 54.6 Å². The molecule has 122 valence electrons. The van der Waals surface area contributed by atoms with Crippen LogP contribution in [0.1, 0.15) is 34.3 Å². The van der Waals surface area contributed by atoms with Crippen LogP contribution in [0.3, 0.4) is 0 Å². The molecule has 1 unspecified atom stereocenters. The van der Waals surface area contributed by atoms with E-state index in [2.05, 4.69) is 6.07 Å². The summed E-state index contributed by atoms with van der Waals surface area (Å²) in [4.78, 5) is 14.8. The molecule has 1 saturated carbocycles. The molecule has 1 aliphatic rings. The zero-order chi connectivity index (χ0) is 16.9. The number of nitriles is 1. The third-order valence-corrected chi connectivity index (χ3v) is 4.47. The van der Waals surface area contributed by atoms with Crippen LogP contribution < -0.4 is 0 Å². The van der Waals surface area contributed by atoms with Crippen molar-refractivity contribution in [1.82, 2.24) is 4.90 Å². The van der Waals surface area contributed by atoms with Crippen LogP contribution in [0.25, 0.3) is 0 Å². The van der Waals surface area contributed by atoms with Crippen molar-refractivity contribution in [3.8, 4) is 6.07 Å². The summed E-state index contributed by atoms with van der Waals surface area (Å²) in [5, 5.41) is 18.7. The van der Waals surface area contributed by atoms with E-state index in [9.17, 15) is 9.90 Å². The predicted molar refractivity (Wildman–Crippen MR) is 91.1 cm³/mol. The maximum absolute atomic E-state index is 13.0. The van der Waals surface area contributed by atoms with Crippen molar-refractivity contribution in [2.45, 2.75) is 25.4 Å². The summed E-state index contributed by atoms with van der Waals surface area (Å²) >= 11 is 0. The van der Waals surface area contributed by atoms with Crippen LogP contribution in [0.5, 0.6) is 0 Å². The Morgan fingerprint density at radius 3 is 2.38 bits per heavy atom. The van der Waals surface area contributed by atoms with Gasteiger partial charge < -0.3 is 10.0 Å². The van der Waals surface area contributed by atoms with E-state index in [1.54, 1.807) is 29.2 Å². The molecule has 4 heteroatoms. The number of benzene rings is 2. The normalized spacial score (nSPS) is 14.7. The Bertz CT molecular complexity index is 730. The van der Waals surface area contributed by atoms with E-state index in [0.717, 1.165) is 18.4 Å². The van der Waals surface area contributed by atoms with Gasteiger partial charge in [-0.2, -0.15) is 5.26 Å². The zero-order valence-electron chi connectivity index (χ0n) is 13.4. The molecule has 0 bridgehead atoms. The number of rotatable bonds is 6. The summed E-state index contributed by atoms with van der Waals surface area (Å²) in [6.45, 7) is 0.445. The number of aliphatic hydroxyl groups excluding tert-OH is 1. The third-order valence-electron chi connectivity index (χ3n) is 4.47. The van der Waals surface area contributed by atoms with Gasteiger partial charge in [0, 0.05) is 12.1 Å². The molecule has 1 atom stereocenters. The number of amides is 1. The van der Waals surface area contributed by atoms with Gasteiger partial charge in [0.2, 0.25) is 0 Å². The van der Waals surface area contributed by atoms with Crippen molar-refractivity contribution in [1.29, 1.82) is 5.26 Å². The van der Waals surface area contributed by atoms with E-state index < -0.39 is 0 Å². The lowest BCUT2D eigenvalue weighted by molar-refractivity contribution is 0.0531. The third kappa shape index (κ3) is 3.64. The van der Waals surface area contributed by atoms with E-state index >= 15 is 0 Å². The summed E-state index contributed by atoms with van der Waals surface area (Å²) in [5.74, 6) is 0.273. The highest BCUT2D eigenvalue weighted by Crippen LogP contribution is 2.36. The molecule has 0 aromatic heterocycles.